The summed E-state index contributed by atoms with van der Waals surface area (Å²) in [5, 5.41) is 4.19. The van der Waals surface area contributed by atoms with Gasteiger partial charge in [0.15, 0.2) is 0 Å². The van der Waals surface area contributed by atoms with E-state index in [-0.39, 0.29) is 5.91 Å². The van der Waals surface area contributed by atoms with Crippen LogP contribution in [0.2, 0.25) is 0 Å². The van der Waals surface area contributed by atoms with E-state index in [1.165, 1.54) is 10.9 Å². The van der Waals surface area contributed by atoms with Crippen molar-refractivity contribution >= 4 is 16.8 Å². The lowest BCUT2D eigenvalue weighted by Gasteiger charge is -2.07. The van der Waals surface area contributed by atoms with Crippen molar-refractivity contribution in [3.63, 3.8) is 0 Å². The van der Waals surface area contributed by atoms with E-state index in [0.717, 1.165) is 23.2 Å². The Morgan fingerprint density at radius 1 is 1.04 bits per heavy atom. The molecule has 0 aliphatic rings. The predicted molar refractivity (Wildman–Crippen MR) is 107 cm³/mol. The molecule has 4 aromatic rings. The van der Waals surface area contributed by atoms with Crippen LogP contribution in [0.3, 0.4) is 0 Å². The number of hydrogen-bond acceptors (Lipinski definition) is 3. The third-order valence-corrected chi connectivity index (χ3v) is 4.55. The number of fused-ring (bicyclic) bond motifs is 1. The highest BCUT2D eigenvalue weighted by Crippen LogP contribution is 2.18. The lowest BCUT2D eigenvalue weighted by molar-refractivity contribution is 0.0954. The number of nitrogens with one attached hydrogen (secondary N) is 2. The molecule has 27 heavy (non-hydrogen) atoms. The van der Waals surface area contributed by atoms with E-state index in [2.05, 4.69) is 32.4 Å². The number of aromatic amines is 1. The number of nitrogens with zero attached hydrogens (tertiary/aromatic N) is 2. The molecule has 0 atom stereocenters. The zero-order valence-electron chi connectivity index (χ0n) is 15.1. The fourth-order valence-corrected chi connectivity index (χ4v) is 3.14. The average molecular weight is 356 g/mol. The maximum Gasteiger partial charge on any atom is 0.251 e. The Morgan fingerprint density at radius 2 is 1.81 bits per heavy atom. The number of pyridine rings is 2. The van der Waals surface area contributed by atoms with Crippen LogP contribution >= 0.6 is 0 Å². The smallest absolute Gasteiger partial charge is 0.251 e. The molecule has 0 bridgehead atoms. The highest BCUT2D eigenvalue weighted by atomic mass is 16.1. The lowest BCUT2D eigenvalue weighted by Crippen LogP contribution is -2.25. The Balaban J connectivity index is 1.43. The van der Waals surface area contributed by atoms with Crippen molar-refractivity contribution in [1.82, 2.24) is 20.3 Å². The summed E-state index contributed by atoms with van der Waals surface area (Å²) in [4.78, 5) is 24.5. The number of aromatic nitrogens is 3. The summed E-state index contributed by atoms with van der Waals surface area (Å²) >= 11 is 0. The van der Waals surface area contributed by atoms with Crippen LogP contribution in [0.25, 0.3) is 22.3 Å². The van der Waals surface area contributed by atoms with E-state index in [1.807, 2.05) is 37.4 Å². The van der Waals surface area contributed by atoms with Crippen molar-refractivity contribution in [1.29, 1.82) is 0 Å². The minimum atomic E-state index is -0.105. The molecule has 0 aliphatic heterocycles. The van der Waals surface area contributed by atoms with Crippen LogP contribution in [0.4, 0.5) is 0 Å². The molecule has 0 fully saturated rings. The lowest BCUT2D eigenvalue weighted by atomic mass is 10.1. The molecule has 0 spiro atoms. The van der Waals surface area contributed by atoms with E-state index >= 15 is 0 Å². The van der Waals surface area contributed by atoms with Gasteiger partial charge in [0.1, 0.15) is 0 Å². The fraction of sp³-hybridized carbons (Fsp3) is 0.136. The quantitative estimate of drug-likeness (QED) is 0.570. The van der Waals surface area contributed by atoms with E-state index in [0.29, 0.717) is 17.8 Å². The first-order valence-electron chi connectivity index (χ1n) is 8.93. The standard InChI is InChI=1S/C22H20N4O/c1-15-6-9-23-20(12-15)21-13-16(7-10-24-21)22(27)25-11-8-17-14-26-19-5-3-2-4-18(17)19/h2-7,9-10,12-14,26H,8,11H2,1H3,(H,25,27). The number of aryl methyl sites for hydroxylation is 1. The fourth-order valence-electron chi connectivity index (χ4n) is 3.14. The van der Waals surface area contributed by atoms with Crippen LogP contribution < -0.4 is 5.32 Å². The molecule has 1 amide bonds. The predicted octanol–water partition coefficient (Wildman–Crippen LogP) is 3.91. The van der Waals surface area contributed by atoms with Crippen molar-refractivity contribution in [2.75, 3.05) is 6.54 Å². The number of hydrogen-bond donors (Lipinski definition) is 2. The number of rotatable bonds is 5. The largest absolute Gasteiger partial charge is 0.361 e. The first-order chi connectivity index (χ1) is 13.2. The van der Waals surface area contributed by atoms with E-state index in [9.17, 15) is 4.79 Å². The number of H-pyrrole nitrogens is 1. The van der Waals surface area contributed by atoms with Gasteiger partial charge in [-0.1, -0.05) is 18.2 Å². The monoisotopic (exact) mass is 356 g/mol. The molecule has 1 aromatic carbocycles. The molecule has 3 aromatic heterocycles. The van der Waals surface area contributed by atoms with Gasteiger partial charge in [0, 0.05) is 41.6 Å². The van der Waals surface area contributed by atoms with Crippen LogP contribution in [0.15, 0.2) is 67.1 Å². The Bertz CT molecular complexity index is 1100. The van der Waals surface area contributed by atoms with Crippen molar-refractivity contribution in [2.24, 2.45) is 0 Å². The van der Waals surface area contributed by atoms with Gasteiger partial charge in [0.2, 0.25) is 0 Å². The van der Waals surface area contributed by atoms with Crippen molar-refractivity contribution in [2.45, 2.75) is 13.3 Å². The van der Waals surface area contributed by atoms with Gasteiger partial charge in [-0.3, -0.25) is 14.8 Å². The van der Waals surface area contributed by atoms with E-state index < -0.39 is 0 Å². The SMILES string of the molecule is Cc1ccnc(-c2cc(C(=O)NCCc3c[nH]c4ccccc34)ccn2)c1. The summed E-state index contributed by atoms with van der Waals surface area (Å²) in [6.45, 7) is 2.58. The van der Waals surface area contributed by atoms with Crippen LogP contribution in [0.1, 0.15) is 21.5 Å². The highest BCUT2D eigenvalue weighted by Gasteiger charge is 2.09. The number of amides is 1. The molecular formula is C22H20N4O. The molecule has 0 saturated carbocycles. The van der Waals surface area contributed by atoms with Crippen LogP contribution in [-0.4, -0.2) is 27.4 Å². The molecule has 134 valence electrons. The van der Waals surface area contributed by atoms with Gasteiger partial charge in [-0.25, -0.2) is 0 Å². The molecular weight excluding hydrogens is 336 g/mol. The van der Waals surface area contributed by atoms with Gasteiger partial charge in [-0.05, 0) is 54.8 Å². The molecule has 0 aliphatic carbocycles. The Kier molecular flexibility index (Phi) is 4.66. The second-order valence-electron chi connectivity index (χ2n) is 6.51. The number of carbonyl (C=O) groups is 1. The second-order valence-corrected chi connectivity index (χ2v) is 6.51. The van der Waals surface area contributed by atoms with Crippen LogP contribution in [0.5, 0.6) is 0 Å². The summed E-state index contributed by atoms with van der Waals surface area (Å²) < 4.78 is 0. The summed E-state index contributed by atoms with van der Waals surface area (Å²) in [5.41, 5.74) is 5.47. The third-order valence-electron chi connectivity index (χ3n) is 4.55. The third kappa shape index (κ3) is 3.72. The van der Waals surface area contributed by atoms with E-state index in [4.69, 9.17) is 0 Å². The topological polar surface area (TPSA) is 70.7 Å². The Morgan fingerprint density at radius 3 is 2.67 bits per heavy atom. The summed E-state index contributed by atoms with van der Waals surface area (Å²) in [6, 6.07) is 15.6. The van der Waals surface area contributed by atoms with Gasteiger partial charge >= 0.3 is 0 Å². The minimum absolute atomic E-state index is 0.105. The van der Waals surface area contributed by atoms with Gasteiger partial charge < -0.3 is 10.3 Å². The molecule has 2 N–H and O–H groups in total. The van der Waals surface area contributed by atoms with Gasteiger partial charge in [-0.2, -0.15) is 0 Å². The Hall–Kier alpha value is -3.47. The number of benzene rings is 1. The van der Waals surface area contributed by atoms with E-state index in [1.54, 1.807) is 24.5 Å². The Labute approximate surface area is 157 Å². The molecule has 4 rings (SSSR count). The maximum absolute atomic E-state index is 12.5. The highest BCUT2D eigenvalue weighted by molar-refractivity contribution is 5.95. The number of carbonyl (C=O) groups excluding carboxylic acids is 1. The zero-order chi connectivity index (χ0) is 18.6. The summed E-state index contributed by atoms with van der Waals surface area (Å²) in [6.07, 6.45) is 6.17. The second kappa shape index (κ2) is 7.41. The molecule has 5 nitrogen and oxygen atoms in total. The van der Waals surface area contributed by atoms with Crippen LogP contribution in [0, 0.1) is 6.92 Å². The normalized spacial score (nSPS) is 10.9. The molecule has 0 saturated heterocycles. The molecule has 0 unspecified atom stereocenters. The van der Waals surface area contributed by atoms with Gasteiger partial charge in [0.05, 0.1) is 11.4 Å². The minimum Gasteiger partial charge on any atom is -0.361 e. The molecule has 5 heteroatoms. The van der Waals surface area contributed by atoms with Gasteiger partial charge in [0.25, 0.3) is 5.91 Å². The first kappa shape index (κ1) is 17.0. The van der Waals surface area contributed by atoms with Crippen molar-refractivity contribution in [3.05, 3.63) is 83.8 Å². The molecule has 0 radical (unpaired) electrons. The summed E-state index contributed by atoms with van der Waals surface area (Å²) in [5.74, 6) is -0.105. The van der Waals surface area contributed by atoms with Crippen molar-refractivity contribution < 1.29 is 4.79 Å². The zero-order valence-corrected chi connectivity index (χ0v) is 15.1. The number of para-hydroxylation sites is 1. The van der Waals surface area contributed by atoms with Crippen molar-refractivity contribution in [3.8, 4) is 11.4 Å². The maximum atomic E-state index is 12.5. The first-order valence-corrected chi connectivity index (χ1v) is 8.93. The summed E-state index contributed by atoms with van der Waals surface area (Å²) in [7, 11) is 0. The molecule has 3 heterocycles. The van der Waals surface area contributed by atoms with Crippen LogP contribution in [-0.2, 0) is 6.42 Å². The average Bonchev–Trinajstić information content (AvgIpc) is 3.11. The van der Waals surface area contributed by atoms with Gasteiger partial charge in [-0.15, -0.1) is 0 Å².